The van der Waals surface area contributed by atoms with Crippen LogP contribution in [0.4, 0.5) is 5.69 Å². The molecule has 0 bridgehead atoms. The maximum Gasteiger partial charge on any atom is 0.198 e. The number of hydrogen-bond donors (Lipinski definition) is 0. The summed E-state index contributed by atoms with van der Waals surface area (Å²) in [7, 11) is -1.15. The van der Waals surface area contributed by atoms with Crippen LogP contribution >= 0.6 is 0 Å². The minimum absolute atomic E-state index is 0. The first kappa shape index (κ1) is 23.1. The molecule has 1 aliphatic heterocycles. The zero-order valence-corrected chi connectivity index (χ0v) is 19.6. The Kier molecular flexibility index (Phi) is 9.82. The van der Waals surface area contributed by atoms with Crippen LogP contribution in [0.1, 0.15) is 0 Å². The molecule has 0 unspecified atom stereocenters. The van der Waals surface area contributed by atoms with E-state index in [0.29, 0.717) is 0 Å². The van der Waals surface area contributed by atoms with Gasteiger partial charge >= 0.3 is 0 Å². The Labute approximate surface area is 164 Å². The van der Waals surface area contributed by atoms with Gasteiger partial charge in [-0.3, -0.25) is 0 Å². The molecule has 1 aromatic rings. The second-order valence-corrected chi connectivity index (χ2v) is 14.6. The van der Waals surface area contributed by atoms with E-state index in [-0.39, 0.29) is 21.1 Å². The summed E-state index contributed by atoms with van der Waals surface area (Å²) in [6, 6.07) is 10.3. The van der Waals surface area contributed by atoms with Crippen molar-refractivity contribution in [3.63, 3.8) is 0 Å². The molecule has 0 amide bonds. The summed E-state index contributed by atoms with van der Waals surface area (Å²) in [5.41, 5.74) is 5.12. The average Bonchev–Trinajstić information content (AvgIpc) is 2.95. The second kappa shape index (κ2) is 10.2. The minimum atomic E-state index is -1.58. The van der Waals surface area contributed by atoms with E-state index in [1.165, 1.54) is 5.69 Å². The topological polar surface area (TPSA) is 15.7 Å². The monoisotopic (exact) mass is 540 g/mol. The predicted octanol–water partition coefficient (Wildman–Crippen LogP) is 4.89. The molecule has 0 saturated heterocycles. The van der Waals surface area contributed by atoms with Crippen molar-refractivity contribution in [2.75, 3.05) is 11.9 Å². The Morgan fingerprint density at radius 2 is 1.46 bits per heavy atom. The number of anilines is 1. The third kappa shape index (κ3) is 8.29. The molecule has 0 saturated carbocycles. The van der Waals surface area contributed by atoms with Crippen LogP contribution in [0.25, 0.3) is 0 Å². The van der Waals surface area contributed by atoms with Crippen molar-refractivity contribution in [1.29, 1.82) is 0 Å². The first-order valence-corrected chi connectivity index (χ1v) is 13.7. The van der Waals surface area contributed by atoms with Crippen LogP contribution in [0.15, 0.2) is 67.3 Å². The van der Waals surface area contributed by atoms with Crippen LogP contribution in [-0.4, -0.2) is 28.6 Å². The molecule has 1 heterocycles. The van der Waals surface area contributed by atoms with Crippen molar-refractivity contribution in [2.24, 2.45) is 0 Å². The fraction of sp³-hybridized carbons (Fsp3) is 0.278. The molecule has 0 N–H and O–H groups in total. The van der Waals surface area contributed by atoms with Crippen LogP contribution in [0.2, 0.25) is 26.2 Å². The van der Waals surface area contributed by atoms with Gasteiger partial charge in [-0.2, -0.15) is 6.67 Å². The Balaban J connectivity index is 0.000000426. The molecule has 0 aliphatic carbocycles. The standard InChI is InChI=1S/C10H11N2.C8H18OSi2.Pt/c1-11-7-8-12(9-11)10-5-3-2-4-6-10;1-7-10(3,4)9-11(5,6)8-2;/h2-9H,1H3;7-8H,1-2H2,3-6H3;/q-1;;. The van der Waals surface area contributed by atoms with Gasteiger partial charge in [-0.15, -0.1) is 13.2 Å². The fourth-order valence-corrected chi connectivity index (χ4v) is 8.05. The van der Waals surface area contributed by atoms with E-state index in [1.807, 2.05) is 60.6 Å². The molecular weight excluding hydrogens is 511 g/mol. The molecule has 0 spiro atoms. The van der Waals surface area contributed by atoms with Crippen LogP contribution in [-0.2, 0) is 25.2 Å². The first-order chi connectivity index (χ1) is 10.7. The fourth-order valence-electron chi connectivity index (χ4n) is 1.96. The largest absolute Gasteiger partial charge is 0.510 e. The summed E-state index contributed by atoms with van der Waals surface area (Å²) in [5.74, 6) is 0. The van der Waals surface area contributed by atoms with Gasteiger partial charge in [0.15, 0.2) is 16.6 Å². The normalized spacial score (nSPS) is 13.7. The predicted molar refractivity (Wildman–Crippen MR) is 107 cm³/mol. The summed E-state index contributed by atoms with van der Waals surface area (Å²) < 4.78 is 5.97. The zero-order chi connectivity index (χ0) is 17.5. The summed E-state index contributed by atoms with van der Waals surface area (Å²) in [4.78, 5) is 4.10. The average molecular weight is 541 g/mol. The molecule has 6 heteroatoms. The van der Waals surface area contributed by atoms with E-state index in [2.05, 4.69) is 56.4 Å². The van der Waals surface area contributed by atoms with E-state index in [0.717, 1.165) is 0 Å². The van der Waals surface area contributed by atoms with Gasteiger partial charge in [-0.25, -0.2) is 0 Å². The zero-order valence-electron chi connectivity index (χ0n) is 15.3. The van der Waals surface area contributed by atoms with Gasteiger partial charge in [0, 0.05) is 26.8 Å². The van der Waals surface area contributed by atoms with Gasteiger partial charge in [-0.1, -0.05) is 29.6 Å². The third-order valence-corrected chi connectivity index (χ3v) is 9.51. The van der Waals surface area contributed by atoms with Gasteiger partial charge < -0.3 is 13.9 Å². The number of benzene rings is 1. The summed E-state index contributed by atoms with van der Waals surface area (Å²) in [6.45, 7) is 18.2. The molecular formula is C18H29N2OPtSi2-. The van der Waals surface area contributed by atoms with Crippen LogP contribution in [0.5, 0.6) is 0 Å². The Bertz CT molecular complexity index is 529. The van der Waals surface area contributed by atoms with Gasteiger partial charge in [0.25, 0.3) is 0 Å². The number of hydrogen-bond acceptors (Lipinski definition) is 3. The smallest absolute Gasteiger partial charge is 0.198 e. The van der Waals surface area contributed by atoms with E-state index in [1.54, 1.807) is 0 Å². The molecule has 2 rings (SSSR count). The SMILES string of the molecule is C=C[Si](C)(C)O[Si](C)(C)C=C.CN1C=CN(c2ccccc2)[CH-]1.[Pt]. The second-order valence-electron chi connectivity index (χ2n) is 6.54. The molecule has 136 valence electrons. The molecule has 3 nitrogen and oxygen atoms in total. The Morgan fingerprint density at radius 3 is 1.83 bits per heavy atom. The molecule has 0 atom stereocenters. The molecule has 1 aliphatic rings. The van der Waals surface area contributed by atoms with Crippen molar-refractivity contribution >= 4 is 22.3 Å². The molecule has 0 fully saturated rings. The van der Waals surface area contributed by atoms with Crippen LogP contribution < -0.4 is 4.90 Å². The van der Waals surface area contributed by atoms with Crippen LogP contribution in [0.3, 0.4) is 0 Å². The maximum absolute atomic E-state index is 5.97. The van der Waals surface area contributed by atoms with Gasteiger partial charge in [0.05, 0.1) is 0 Å². The van der Waals surface area contributed by atoms with Crippen molar-refractivity contribution in [2.45, 2.75) is 26.2 Å². The van der Waals surface area contributed by atoms with Gasteiger partial charge in [0.2, 0.25) is 0 Å². The quantitative estimate of drug-likeness (QED) is 0.391. The number of rotatable bonds is 5. The molecule has 1 aromatic carbocycles. The van der Waals surface area contributed by atoms with Crippen molar-refractivity contribution in [1.82, 2.24) is 4.90 Å². The van der Waals surface area contributed by atoms with E-state index in [4.69, 9.17) is 4.12 Å². The van der Waals surface area contributed by atoms with E-state index < -0.39 is 16.6 Å². The van der Waals surface area contributed by atoms with E-state index in [9.17, 15) is 0 Å². The minimum Gasteiger partial charge on any atom is -0.510 e. The third-order valence-electron chi connectivity index (χ3n) is 3.33. The maximum atomic E-state index is 5.97. The van der Waals surface area contributed by atoms with Gasteiger partial charge in [0.1, 0.15) is 0 Å². The molecule has 0 aromatic heterocycles. The number of para-hydroxylation sites is 1. The summed E-state index contributed by atoms with van der Waals surface area (Å²) >= 11 is 0. The van der Waals surface area contributed by atoms with Crippen molar-refractivity contribution in [3.8, 4) is 0 Å². The Morgan fingerprint density at radius 1 is 0.958 bits per heavy atom. The molecule has 0 radical (unpaired) electrons. The van der Waals surface area contributed by atoms with Gasteiger partial charge in [-0.05, 0) is 57.8 Å². The molecule has 24 heavy (non-hydrogen) atoms. The van der Waals surface area contributed by atoms with Crippen LogP contribution in [0, 0.1) is 6.67 Å². The number of nitrogens with zero attached hydrogens (tertiary/aromatic N) is 2. The summed E-state index contributed by atoms with van der Waals surface area (Å²) in [5, 5.41) is 0. The van der Waals surface area contributed by atoms with Crippen molar-refractivity contribution in [3.05, 3.63) is 74.0 Å². The summed E-state index contributed by atoms with van der Waals surface area (Å²) in [6.07, 6.45) is 4.06. The van der Waals surface area contributed by atoms with E-state index >= 15 is 0 Å². The Hall–Kier alpha value is -0.878. The van der Waals surface area contributed by atoms with Crippen molar-refractivity contribution < 1.29 is 25.2 Å². The first-order valence-electron chi connectivity index (χ1n) is 7.75.